The van der Waals surface area contributed by atoms with E-state index in [-0.39, 0.29) is 28.2 Å². The van der Waals surface area contributed by atoms with Gasteiger partial charge in [0.05, 0.1) is 20.3 Å². The molecule has 1 N–H and O–H groups in total. The van der Waals surface area contributed by atoms with Crippen LogP contribution in [0.25, 0.3) is 6.08 Å². The van der Waals surface area contributed by atoms with E-state index in [0.29, 0.717) is 10.6 Å². The summed E-state index contributed by atoms with van der Waals surface area (Å²) in [5, 5.41) is 2.36. The number of nitrogens with one attached hydrogen (secondary N) is 1. The lowest BCUT2D eigenvalue weighted by atomic mass is 10.0. The van der Waals surface area contributed by atoms with Crippen LogP contribution in [0, 0.1) is 0 Å². The van der Waals surface area contributed by atoms with E-state index in [9.17, 15) is 22.8 Å². The third-order valence-corrected chi connectivity index (χ3v) is 4.66. The van der Waals surface area contributed by atoms with Gasteiger partial charge in [0.1, 0.15) is 0 Å². The average molecular weight is 426 g/mol. The third-order valence-electron chi connectivity index (χ3n) is 4.41. The molecule has 0 radical (unpaired) electrons. The van der Waals surface area contributed by atoms with Gasteiger partial charge in [0.15, 0.2) is 17.3 Å². The van der Waals surface area contributed by atoms with Crippen molar-refractivity contribution in [2.24, 2.45) is 0 Å². The number of carbonyl (C=O) groups excluding carboxylic acids is 2. The molecule has 0 fully saturated rings. The zero-order chi connectivity index (χ0) is 21.3. The minimum Gasteiger partial charge on any atom is -0.493 e. The van der Waals surface area contributed by atoms with Gasteiger partial charge in [0, 0.05) is 16.2 Å². The number of carbonyl (C=O) groups is 2. The van der Waals surface area contributed by atoms with E-state index in [1.165, 1.54) is 32.4 Å². The van der Waals surface area contributed by atoms with Crippen LogP contribution in [-0.2, 0) is 4.79 Å². The summed E-state index contributed by atoms with van der Waals surface area (Å²) >= 11 is 5.85. The highest BCUT2D eigenvalue weighted by Crippen LogP contribution is 2.43. The molecule has 0 heterocycles. The molecule has 1 aliphatic carbocycles. The lowest BCUT2D eigenvalue weighted by molar-refractivity contribution is -0.174. The Morgan fingerprint density at radius 3 is 2.24 bits per heavy atom. The predicted octanol–water partition coefficient (Wildman–Crippen LogP) is 4.36. The topological polar surface area (TPSA) is 64.6 Å². The number of amides is 1. The molecular weight excluding hydrogens is 411 g/mol. The Balaban J connectivity index is 2.14. The number of ether oxygens (including phenoxy) is 2. The molecule has 152 valence electrons. The summed E-state index contributed by atoms with van der Waals surface area (Å²) in [5.74, 6) is -2.21. The molecule has 1 amide bonds. The number of Topliss-reactive ketones (excluding diaryl/α,β-unsaturated/α-hetero) is 1. The van der Waals surface area contributed by atoms with Crippen LogP contribution in [0.3, 0.4) is 0 Å². The van der Waals surface area contributed by atoms with Crippen LogP contribution in [0.4, 0.5) is 13.2 Å². The van der Waals surface area contributed by atoms with Gasteiger partial charge in [0.2, 0.25) is 0 Å². The van der Waals surface area contributed by atoms with Crippen molar-refractivity contribution in [3.05, 3.63) is 63.7 Å². The van der Waals surface area contributed by atoms with Crippen LogP contribution in [0.15, 0.2) is 42.0 Å². The third kappa shape index (κ3) is 4.07. The molecule has 0 saturated carbocycles. The summed E-state index contributed by atoms with van der Waals surface area (Å²) < 4.78 is 48.9. The molecule has 3 rings (SSSR count). The van der Waals surface area contributed by atoms with Crippen molar-refractivity contribution in [1.82, 2.24) is 5.32 Å². The lowest BCUT2D eigenvalue weighted by Gasteiger charge is -2.18. The fourth-order valence-electron chi connectivity index (χ4n) is 3.04. The second-order valence-electron chi connectivity index (χ2n) is 6.18. The molecular formula is C20H15ClF3NO4. The molecule has 5 nitrogen and oxygen atoms in total. The maximum absolute atomic E-state index is 13.0. The van der Waals surface area contributed by atoms with Gasteiger partial charge >= 0.3 is 12.1 Å². The van der Waals surface area contributed by atoms with Crippen molar-refractivity contribution in [1.29, 1.82) is 0 Å². The van der Waals surface area contributed by atoms with E-state index in [1.807, 2.05) is 5.32 Å². The van der Waals surface area contributed by atoms with Crippen molar-refractivity contribution in [3.8, 4) is 11.5 Å². The maximum Gasteiger partial charge on any atom is 0.471 e. The number of benzene rings is 2. The molecule has 2 aromatic carbocycles. The van der Waals surface area contributed by atoms with Crippen LogP contribution in [0.2, 0.25) is 5.02 Å². The Morgan fingerprint density at radius 1 is 1.10 bits per heavy atom. The number of alkyl halides is 3. The van der Waals surface area contributed by atoms with E-state index in [4.69, 9.17) is 21.1 Å². The highest BCUT2D eigenvalue weighted by atomic mass is 35.5. The van der Waals surface area contributed by atoms with E-state index < -0.39 is 23.9 Å². The summed E-state index contributed by atoms with van der Waals surface area (Å²) in [6.07, 6.45) is -3.69. The summed E-state index contributed by atoms with van der Waals surface area (Å²) in [5.41, 5.74) is 0.826. The highest BCUT2D eigenvalue weighted by Gasteiger charge is 2.44. The first-order valence-corrected chi connectivity index (χ1v) is 8.69. The fraction of sp³-hybridized carbons (Fsp3) is 0.200. The number of hydrogen-bond acceptors (Lipinski definition) is 4. The molecule has 0 bridgehead atoms. The Labute approximate surface area is 169 Å². The second-order valence-corrected chi connectivity index (χ2v) is 6.62. The molecule has 0 aliphatic heterocycles. The number of methoxy groups -OCH3 is 2. The number of rotatable bonds is 4. The Bertz CT molecular complexity index is 1000. The minimum atomic E-state index is -5.10. The van der Waals surface area contributed by atoms with E-state index in [2.05, 4.69) is 0 Å². The lowest BCUT2D eigenvalue weighted by Crippen LogP contribution is -2.39. The highest BCUT2D eigenvalue weighted by molar-refractivity contribution is 6.30. The Hall–Kier alpha value is -3.00. The van der Waals surface area contributed by atoms with Crippen LogP contribution >= 0.6 is 11.6 Å². The van der Waals surface area contributed by atoms with Crippen LogP contribution in [0.5, 0.6) is 11.5 Å². The monoisotopic (exact) mass is 425 g/mol. The fourth-order valence-corrected chi connectivity index (χ4v) is 3.17. The van der Waals surface area contributed by atoms with Crippen molar-refractivity contribution in [2.75, 3.05) is 14.2 Å². The van der Waals surface area contributed by atoms with Gasteiger partial charge in [-0.3, -0.25) is 9.59 Å². The molecule has 0 saturated heterocycles. The molecule has 0 aromatic heterocycles. The van der Waals surface area contributed by atoms with Crippen molar-refractivity contribution in [3.63, 3.8) is 0 Å². The zero-order valence-electron chi connectivity index (χ0n) is 15.3. The maximum atomic E-state index is 13.0. The Kier molecular flexibility index (Phi) is 5.57. The predicted molar refractivity (Wildman–Crippen MR) is 100 cm³/mol. The smallest absolute Gasteiger partial charge is 0.471 e. The number of hydrogen-bond donors (Lipinski definition) is 1. The molecule has 29 heavy (non-hydrogen) atoms. The van der Waals surface area contributed by atoms with Crippen LogP contribution < -0.4 is 14.8 Å². The van der Waals surface area contributed by atoms with Gasteiger partial charge in [-0.1, -0.05) is 23.7 Å². The summed E-state index contributed by atoms with van der Waals surface area (Å²) in [7, 11) is 2.73. The van der Waals surface area contributed by atoms with Gasteiger partial charge in [-0.2, -0.15) is 13.2 Å². The normalized spacial score (nSPS) is 17.2. The quantitative estimate of drug-likeness (QED) is 0.739. The van der Waals surface area contributed by atoms with Crippen molar-refractivity contribution in [2.45, 2.75) is 12.2 Å². The summed E-state index contributed by atoms with van der Waals surface area (Å²) in [6.45, 7) is 0. The molecule has 0 spiro atoms. The van der Waals surface area contributed by atoms with Crippen LogP contribution in [0.1, 0.15) is 27.5 Å². The summed E-state index contributed by atoms with van der Waals surface area (Å²) in [6, 6.07) is 7.83. The van der Waals surface area contributed by atoms with Gasteiger partial charge < -0.3 is 14.8 Å². The number of fused-ring (bicyclic) bond motifs is 1. The van der Waals surface area contributed by atoms with Crippen molar-refractivity contribution < 1.29 is 32.2 Å². The average Bonchev–Trinajstić information content (AvgIpc) is 2.92. The molecule has 1 atom stereocenters. The van der Waals surface area contributed by atoms with E-state index >= 15 is 0 Å². The SMILES string of the molecule is COc1cc2c(cc1OC)[C@H](NC(=O)C(F)(F)F)/C(=C\c1ccc(Cl)cc1)C2=O. The van der Waals surface area contributed by atoms with Gasteiger partial charge in [-0.25, -0.2) is 0 Å². The van der Waals surface area contributed by atoms with Crippen molar-refractivity contribution >= 4 is 29.4 Å². The first-order chi connectivity index (χ1) is 13.7. The molecule has 9 heteroatoms. The van der Waals surface area contributed by atoms with Gasteiger partial charge in [-0.05, 0) is 41.5 Å². The largest absolute Gasteiger partial charge is 0.493 e. The molecule has 1 aliphatic rings. The first-order valence-electron chi connectivity index (χ1n) is 8.31. The minimum absolute atomic E-state index is 0.0183. The standard InChI is InChI=1S/C20H15ClF3NO4/c1-28-15-8-12-13(9-16(15)29-2)18(26)14(7-10-3-5-11(21)6-4-10)17(12)25-19(27)20(22,23)24/h3-9,17H,1-2H3,(H,25,27)/b14-7+/t17-/m0/s1. The van der Waals surface area contributed by atoms with Gasteiger partial charge in [0.25, 0.3) is 0 Å². The van der Waals surface area contributed by atoms with E-state index in [0.717, 1.165) is 0 Å². The second kappa shape index (κ2) is 7.79. The molecule has 0 unspecified atom stereocenters. The Morgan fingerprint density at radius 2 is 1.69 bits per heavy atom. The van der Waals surface area contributed by atoms with E-state index in [1.54, 1.807) is 24.3 Å². The molecule has 2 aromatic rings. The van der Waals surface area contributed by atoms with Crippen LogP contribution in [-0.4, -0.2) is 32.1 Å². The number of halogens is 4. The summed E-state index contributed by atoms with van der Waals surface area (Å²) in [4.78, 5) is 24.6. The zero-order valence-corrected chi connectivity index (χ0v) is 16.0. The van der Waals surface area contributed by atoms with Gasteiger partial charge in [-0.15, -0.1) is 0 Å². The number of ketones is 1. The first kappa shape index (κ1) is 20.7.